The van der Waals surface area contributed by atoms with Crippen LogP contribution in [-0.2, 0) is 19.1 Å². The largest absolute Gasteiger partial charge is 0.453 e. The molecule has 0 radical (unpaired) electrons. The Balaban J connectivity index is 1.10. The highest BCUT2D eigenvalue weighted by molar-refractivity contribution is 14.2. The number of methoxy groups -OCH3 is 2. The number of carbonyl (C=O) groups excluding carboxylic acids is 4. The zero-order chi connectivity index (χ0) is 39.4. The smallest absolute Gasteiger partial charge is 0.407 e. The molecule has 4 heterocycles. The number of alkyl carbamates (subject to hydrolysis) is 2. The number of amides is 4. The van der Waals surface area contributed by atoms with Gasteiger partial charge in [-0.2, -0.15) is 0 Å². The van der Waals surface area contributed by atoms with E-state index in [1.807, 2.05) is 73.9 Å². The Kier molecular flexibility index (Phi) is 12.3. The molecule has 6 rings (SSSR count). The molecule has 2 saturated heterocycles. The maximum Gasteiger partial charge on any atom is 0.407 e. The molecule has 0 unspecified atom stereocenters. The van der Waals surface area contributed by atoms with E-state index in [9.17, 15) is 19.2 Å². The molecule has 4 atom stereocenters. The number of likely N-dealkylation sites (tertiary alicyclic amines) is 2. The summed E-state index contributed by atoms with van der Waals surface area (Å²) in [6.07, 6.45) is 1.07. The molecular formula is C41H48IN7O6. The molecular weight excluding hydrogens is 813 g/mol. The standard InChI is InChI=1S/C41H48IN7O6/c1-23(2)33(46-40(52)54-6)38(50)48-19-8-9-32(48)37-44-30-17-15-28(21-31(30)45-37)27-13-10-26(11-14-27)12-16-29-22-42-36(43-29)35-25(5)18-20-49(35)39(51)34(24(3)4)47-41(53)55-7/h10-11,13-15,17,21-24,32-35,43H,5,8-9,18-20H2,1-4,6-7H3,(H,44,45)(H,46,52)(H,47,53)/t32-,33-,34-,35-/m0/s1. The molecule has 0 aliphatic carbocycles. The van der Waals surface area contributed by atoms with E-state index in [4.69, 9.17) is 14.5 Å². The first-order chi connectivity index (χ1) is 26.4. The van der Waals surface area contributed by atoms with Crippen molar-refractivity contribution in [3.05, 3.63) is 75.8 Å². The average Bonchev–Trinajstić information content (AvgIpc) is 4.00. The molecule has 55 heavy (non-hydrogen) atoms. The molecule has 4 N–H and O–H groups in total. The van der Waals surface area contributed by atoms with Gasteiger partial charge in [0.2, 0.25) is 11.8 Å². The van der Waals surface area contributed by atoms with Crippen LogP contribution >= 0.6 is 20.7 Å². The van der Waals surface area contributed by atoms with E-state index in [1.54, 1.807) is 0 Å². The molecule has 1 aromatic heterocycles. The van der Waals surface area contributed by atoms with Crippen LogP contribution in [-0.4, -0.2) is 92.8 Å². The summed E-state index contributed by atoms with van der Waals surface area (Å²) in [6.45, 7) is 13.0. The number of fused-ring (bicyclic) bond motifs is 1. The number of aromatic nitrogens is 2. The van der Waals surface area contributed by atoms with Crippen LogP contribution in [0, 0.1) is 23.7 Å². The van der Waals surface area contributed by atoms with Crippen molar-refractivity contribution in [3.8, 4) is 23.0 Å². The number of H-pyrrole nitrogens is 1. The summed E-state index contributed by atoms with van der Waals surface area (Å²) >= 11 is -0.537. The minimum atomic E-state index is -0.697. The minimum Gasteiger partial charge on any atom is -0.453 e. The summed E-state index contributed by atoms with van der Waals surface area (Å²) in [4.78, 5) is 63.1. The second-order valence-corrected chi connectivity index (χ2v) is 16.9. The normalized spacial score (nSPS) is 19.2. The fourth-order valence-electron chi connectivity index (χ4n) is 7.11. The van der Waals surface area contributed by atoms with Crippen LogP contribution in [0.4, 0.5) is 9.59 Å². The third-order valence-corrected chi connectivity index (χ3v) is 12.6. The van der Waals surface area contributed by atoms with E-state index in [-0.39, 0.29) is 35.7 Å². The van der Waals surface area contributed by atoms with E-state index in [0.29, 0.717) is 19.5 Å². The number of imidazole rings is 1. The van der Waals surface area contributed by atoms with Crippen molar-refractivity contribution in [1.82, 2.24) is 35.7 Å². The van der Waals surface area contributed by atoms with E-state index < -0.39 is 45.0 Å². The van der Waals surface area contributed by atoms with Crippen LogP contribution in [0.5, 0.6) is 0 Å². The van der Waals surface area contributed by atoms with Gasteiger partial charge < -0.3 is 40.2 Å². The van der Waals surface area contributed by atoms with Gasteiger partial charge in [0, 0.05) is 22.7 Å². The lowest BCUT2D eigenvalue weighted by atomic mass is 10.0. The molecule has 4 amide bonds. The van der Waals surface area contributed by atoms with E-state index >= 15 is 0 Å². The SMILES string of the molecule is C=C1CCN(C(=O)[C@@H](NC(=O)OC)C(C)C)[C@@H]1C1=IC=C(C#Cc2ccc(-c3ccc4nc([C@@H]5CCCN5C(=O)[C@@H](NC(=O)OC)C(C)C)[nH]c4c3)cc2)N1. The quantitative estimate of drug-likeness (QED) is 0.121. The van der Waals surface area contributed by atoms with Gasteiger partial charge in [-0.25, -0.2) is 14.6 Å². The molecule has 0 saturated carbocycles. The highest BCUT2D eigenvalue weighted by atomic mass is 127. The van der Waals surface area contributed by atoms with Gasteiger partial charge in [-0.15, -0.1) is 0 Å². The van der Waals surface area contributed by atoms with Crippen molar-refractivity contribution in [3.63, 3.8) is 0 Å². The van der Waals surface area contributed by atoms with Crippen LogP contribution in [0.1, 0.15) is 64.4 Å². The number of nitrogens with zero attached hydrogens (tertiary/aromatic N) is 3. The van der Waals surface area contributed by atoms with Crippen LogP contribution in [0.2, 0.25) is 0 Å². The Labute approximate surface area is 331 Å². The van der Waals surface area contributed by atoms with Crippen molar-refractivity contribution < 1.29 is 28.7 Å². The van der Waals surface area contributed by atoms with E-state index in [0.717, 1.165) is 61.3 Å². The molecule has 3 aliphatic heterocycles. The summed E-state index contributed by atoms with van der Waals surface area (Å²) in [6, 6.07) is 12.3. The number of hydrogen-bond acceptors (Lipinski definition) is 8. The lowest BCUT2D eigenvalue weighted by molar-refractivity contribution is -0.135. The van der Waals surface area contributed by atoms with Crippen molar-refractivity contribution in [2.24, 2.45) is 11.8 Å². The fraction of sp³-hybridized carbons (Fsp3) is 0.415. The van der Waals surface area contributed by atoms with E-state index in [1.165, 1.54) is 14.2 Å². The second-order valence-electron chi connectivity index (χ2n) is 14.5. The van der Waals surface area contributed by atoms with Crippen LogP contribution in [0.25, 0.3) is 22.2 Å². The lowest BCUT2D eigenvalue weighted by Crippen LogP contribution is -2.54. The molecule has 290 valence electrons. The zero-order valence-corrected chi connectivity index (χ0v) is 34.2. The van der Waals surface area contributed by atoms with Crippen molar-refractivity contribution in [1.29, 1.82) is 0 Å². The van der Waals surface area contributed by atoms with Gasteiger partial charge in [0.25, 0.3) is 0 Å². The monoisotopic (exact) mass is 861 g/mol. The Morgan fingerprint density at radius 3 is 2.16 bits per heavy atom. The summed E-state index contributed by atoms with van der Waals surface area (Å²) in [5.41, 5.74) is 6.39. The summed E-state index contributed by atoms with van der Waals surface area (Å²) in [5, 5.41) is 8.87. The number of nitrogens with one attached hydrogen (secondary N) is 4. The van der Waals surface area contributed by atoms with Gasteiger partial charge in [0.15, 0.2) is 0 Å². The second kappa shape index (κ2) is 17.1. The number of ether oxygens (including phenoxy) is 2. The number of rotatable bonds is 9. The molecule has 0 spiro atoms. The van der Waals surface area contributed by atoms with Crippen molar-refractivity contribution in [2.75, 3.05) is 27.3 Å². The Morgan fingerprint density at radius 1 is 0.891 bits per heavy atom. The molecule has 3 aliphatic rings. The predicted molar refractivity (Wildman–Crippen MR) is 220 cm³/mol. The van der Waals surface area contributed by atoms with Crippen molar-refractivity contribution >= 4 is 59.4 Å². The number of halogens is 1. The van der Waals surface area contributed by atoms with Gasteiger partial charge in [0.05, 0.1) is 46.7 Å². The molecule has 3 aromatic rings. The lowest BCUT2D eigenvalue weighted by Gasteiger charge is -2.31. The van der Waals surface area contributed by atoms with Crippen LogP contribution in [0.15, 0.2) is 64.4 Å². The van der Waals surface area contributed by atoms with E-state index in [2.05, 4.69) is 49.5 Å². The summed E-state index contributed by atoms with van der Waals surface area (Å²) < 4.78 is 12.7. The fourth-order valence-corrected chi connectivity index (χ4v) is 9.63. The maximum atomic E-state index is 13.6. The first-order valence-electron chi connectivity index (χ1n) is 18.5. The molecule has 2 aromatic carbocycles. The number of benzene rings is 2. The zero-order valence-electron chi connectivity index (χ0n) is 32.0. The molecule has 0 bridgehead atoms. The van der Waals surface area contributed by atoms with Gasteiger partial charge in [-0.05, 0) is 78.0 Å². The summed E-state index contributed by atoms with van der Waals surface area (Å²) in [7, 11) is 2.58. The number of aromatic amines is 1. The molecule has 13 nitrogen and oxygen atoms in total. The van der Waals surface area contributed by atoms with Gasteiger partial charge in [0.1, 0.15) is 17.9 Å². The first-order valence-corrected chi connectivity index (χ1v) is 20.8. The van der Waals surface area contributed by atoms with Crippen LogP contribution < -0.4 is 16.0 Å². The summed E-state index contributed by atoms with van der Waals surface area (Å²) in [5.74, 6) is 6.76. The van der Waals surface area contributed by atoms with Crippen LogP contribution in [0.3, 0.4) is 0 Å². The third-order valence-electron chi connectivity index (χ3n) is 10.1. The van der Waals surface area contributed by atoms with Gasteiger partial charge in [-0.1, -0.05) is 79.1 Å². The maximum absolute atomic E-state index is 13.6. The highest BCUT2D eigenvalue weighted by Gasteiger charge is 2.40. The number of hydrogen-bond donors (Lipinski definition) is 4. The Bertz CT molecular complexity index is 2110. The first kappa shape index (κ1) is 39.5. The predicted octanol–water partition coefficient (Wildman–Crippen LogP) is 5.71. The topological polar surface area (TPSA) is 158 Å². The van der Waals surface area contributed by atoms with Gasteiger partial charge >= 0.3 is 12.2 Å². The highest BCUT2D eigenvalue weighted by Crippen LogP contribution is 2.34. The van der Waals surface area contributed by atoms with Gasteiger partial charge in [-0.3, -0.25) is 9.59 Å². The average molecular weight is 862 g/mol. The van der Waals surface area contributed by atoms with Crippen molar-refractivity contribution in [2.45, 2.75) is 71.1 Å². The number of carbonyl (C=O) groups is 4. The Hall–Kier alpha value is -5.17. The number of allylic oxidation sites excluding steroid dienone is 1. The molecule has 2 fully saturated rings. The third kappa shape index (κ3) is 8.72. The Morgan fingerprint density at radius 2 is 1.53 bits per heavy atom. The molecule has 14 heteroatoms. The minimum absolute atomic E-state index is 0.108.